The predicted molar refractivity (Wildman–Crippen MR) is 64.6 cm³/mol. The number of alkyl halides is 3. The molecule has 18 heavy (non-hydrogen) atoms. The van der Waals surface area contributed by atoms with Crippen molar-refractivity contribution in [3.63, 3.8) is 0 Å². The van der Waals surface area contributed by atoms with Crippen LogP contribution in [0.15, 0.2) is 6.20 Å². The minimum Gasteiger partial charge on any atom is -0.379 e. The summed E-state index contributed by atoms with van der Waals surface area (Å²) in [6, 6.07) is -0.251. The number of rotatable bonds is 6. The monoisotopic (exact) mass is 282 g/mol. The molecule has 1 aromatic heterocycles. The number of nitrogens with one attached hydrogen (secondary N) is 1. The van der Waals surface area contributed by atoms with Gasteiger partial charge in [0.2, 0.25) is 0 Å². The van der Waals surface area contributed by atoms with Gasteiger partial charge in [-0.2, -0.15) is 13.2 Å². The van der Waals surface area contributed by atoms with Gasteiger partial charge in [0, 0.05) is 18.2 Å². The third kappa shape index (κ3) is 3.66. The fourth-order valence-electron chi connectivity index (χ4n) is 1.74. The lowest BCUT2D eigenvalue weighted by Crippen LogP contribution is -2.32. The molecule has 1 N–H and O–H groups in total. The maximum atomic E-state index is 12.5. The highest BCUT2D eigenvalue weighted by Crippen LogP contribution is 2.35. The number of likely N-dealkylation sites (N-methyl/N-ethyl adjacent to an activating group) is 1. The molecule has 104 valence electrons. The van der Waals surface area contributed by atoms with Crippen molar-refractivity contribution in [3.05, 3.63) is 16.1 Å². The standard InChI is InChI=1S/C11H17F3N2OS/c1-4-7(17-3)9(15-5-2)8-6-16-10(18-8)11(12,13)14/h6-7,9,15H,4-5H2,1-3H3. The highest BCUT2D eigenvalue weighted by atomic mass is 32.1. The largest absolute Gasteiger partial charge is 0.443 e. The van der Waals surface area contributed by atoms with Gasteiger partial charge in [-0.1, -0.05) is 13.8 Å². The molecule has 0 amide bonds. The van der Waals surface area contributed by atoms with E-state index in [4.69, 9.17) is 4.74 Å². The Kier molecular flexibility index (Phi) is 5.55. The second kappa shape index (κ2) is 6.49. The van der Waals surface area contributed by atoms with E-state index in [-0.39, 0.29) is 12.1 Å². The zero-order chi connectivity index (χ0) is 13.8. The van der Waals surface area contributed by atoms with E-state index in [0.29, 0.717) is 29.2 Å². The van der Waals surface area contributed by atoms with Gasteiger partial charge in [-0.05, 0) is 13.0 Å². The van der Waals surface area contributed by atoms with Crippen LogP contribution in [0.1, 0.15) is 36.2 Å². The maximum Gasteiger partial charge on any atom is 0.443 e. The third-order valence-electron chi connectivity index (χ3n) is 2.57. The quantitative estimate of drug-likeness (QED) is 0.869. The summed E-state index contributed by atoms with van der Waals surface area (Å²) in [7, 11) is 1.56. The van der Waals surface area contributed by atoms with Crippen molar-refractivity contribution in [2.75, 3.05) is 13.7 Å². The van der Waals surface area contributed by atoms with Crippen molar-refractivity contribution >= 4 is 11.3 Å². The summed E-state index contributed by atoms with van der Waals surface area (Å²) in [6.07, 6.45) is -2.55. The van der Waals surface area contributed by atoms with E-state index < -0.39 is 11.2 Å². The Balaban J connectivity index is 2.95. The normalized spacial score (nSPS) is 15.7. The minimum absolute atomic E-state index is 0.161. The Morgan fingerprint density at radius 1 is 1.44 bits per heavy atom. The molecule has 1 heterocycles. The summed E-state index contributed by atoms with van der Waals surface area (Å²) in [4.78, 5) is 3.99. The molecule has 0 saturated heterocycles. The van der Waals surface area contributed by atoms with Crippen molar-refractivity contribution in [2.45, 2.75) is 38.6 Å². The molecule has 0 spiro atoms. The van der Waals surface area contributed by atoms with Gasteiger partial charge >= 0.3 is 6.18 Å². The van der Waals surface area contributed by atoms with E-state index in [9.17, 15) is 13.2 Å². The average Bonchev–Trinajstić information content (AvgIpc) is 2.78. The first-order chi connectivity index (χ1) is 8.43. The number of methoxy groups -OCH3 is 1. The van der Waals surface area contributed by atoms with Gasteiger partial charge in [-0.15, -0.1) is 11.3 Å². The van der Waals surface area contributed by atoms with Crippen LogP contribution in [0.3, 0.4) is 0 Å². The van der Waals surface area contributed by atoms with E-state index in [1.54, 1.807) is 7.11 Å². The molecule has 3 nitrogen and oxygen atoms in total. The second-order valence-corrected chi connectivity index (χ2v) is 4.85. The highest BCUT2D eigenvalue weighted by molar-refractivity contribution is 7.11. The smallest absolute Gasteiger partial charge is 0.379 e. The summed E-state index contributed by atoms with van der Waals surface area (Å²) >= 11 is 0.668. The Bertz CT molecular complexity index is 363. The number of hydrogen-bond donors (Lipinski definition) is 1. The first-order valence-electron chi connectivity index (χ1n) is 5.73. The molecule has 0 aliphatic carbocycles. The van der Waals surface area contributed by atoms with Gasteiger partial charge < -0.3 is 10.1 Å². The molecule has 0 bridgehead atoms. The van der Waals surface area contributed by atoms with Gasteiger partial charge in [0.05, 0.1) is 12.1 Å². The molecule has 2 unspecified atom stereocenters. The highest BCUT2D eigenvalue weighted by Gasteiger charge is 2.36. The number of halogens is 3. The van der Waals surface area contributed by atoms with Crippen molar-refractivity contribution in [1.29, 1.82) is 0 Å². The van der Waals surface area contributed by atoms with Crippen LogP contribution < -0.4 is 5.32 Å². The molecule has 0 aliphatic heterocycles. The van der Waals surface area contributed by atoms with Gasteiger partial charge in [0.15, 0.2) is 5.01 Å². The number of nitrogens with zero attached hydrogens (tertiary/aromatic N) is 1. The number of thiazole rings is 1. The van der Waals surface area contributed by atoms with E-state index in [0.717, 1.165) is 0 Å². The van der Waals surface area contributed by atoms with Crippen LogP contribution >= 0.6 is 11.3 Å². The predicted octanol–water partition coefficient (Wildman–Crippen LogP) is 3.24. The lowest BCUT2D eigenvalue weighted by molar-refractivity contribution is -0.137. The molecule has 2 atom stereocenters. The Labute approximate surface area is 108 Å². The van der Waals surface area contributed by atoms with Crippen LogP contribution in [-0.2, 0) is 10.9 Å². The third-order valence-corrected chi connectivity index (χ3v) is 3.70. The lowest BCUT2D eigenvalue weighted by Gasteiger charge is -2.24. The first kappa shape index (κ1) is 15.4. The van der Waals surface area contributed by atoms with Crippen molar-refractivity contribution in [2.24, 2.45) is 0 Å². The number of hydrogen-bond acceptors (Lipinski definition) is 4. The van der Waals surface area contributed by atoms with Crippen LogP contribution in [0.4, 0.5) is 13.2 Å². The van der Waals surface area contributed by atoms with Crippen LogP contribution in [-0.4, -0.2) is 24.7 Å². The van der Waals surface area contributed by atoms with E-state index >= 15 is 0 Å². The molecule has 0 saturated carbocycles. The molecular formula is C11H17F3N2OS. The molecular weight excluding hydrogens is 265 g/mol. The number of aromatic nitrogens is 1. The SMILES string of the molecule is CCNC(c1cnc(C(F)(F)F)s1)C(CC)OC. The van der Waals surface area contributed by atoms with Crippen LogP contribution in [0.25, 0.3) is 0 Å². The summed E-state index contributed by atoms with van der Waals surface area (Å²) in [6.45, 7) is 4.50. The van der Waals surface area contributed by atoms with E-state index in [1.807, 2.05) is 13.8 Å². The minimum atomic E-state index is -4.38. The first-order valence-corrected chi connectivity index (χ1v) is 6.54. The van der Waals surface area contributed by atoms with Gasteiger partial charge in [-0.3, -0.25) is 0 Å². The second-order valence-electron chi connectivity index (χ2n) is 3.78. The Morgan fingerprint density at radius 2 is 2.11 bits per heavy atom. The summed E-state index contributed by atoms with van der Waals surface area (Å²) in [5, 5.41) is 2.33. The fourth-order valence-corrected chi connectivity index (χ4v) is 2.65. The molecule has 7 heteroatoms. The topological polar surface area (TPSA) is 34.2 Å². The van der Waals surface area contributed by atoms with Crippen LogP contribution in [0, 0.1) is 0 Å². The number of ether oxygens (including phenoxy) is 1. The average molecular weight is 282 g/mol. The molecule has 0 aromatic carbocycles. The molecule has 0 aliphatic rings. The van der Waals surface area contributed by atoms with Gasteiger partial charge in [0.25, 0.3) is 0 Å². The molecule has 1 rings (SSSR count). The van der Waals surface area contributed by atoms with E-state index in [1.165, 1.54) is 6.20 Å². The summed E-state index contributed by atoms with van der Waals surface area (Å²) in [5.74, 6) is 0. The zero-order valence-corrected chi connectivity index (χ0v) is 11.4. The Hall–Kier alpha value is -0.660. The zero-order valence-electron chi connectivity index (χ0n) is 10.5. The maximum absolute atomic E-state index is 12.5. The molecule has 0 fully saturated rings. The summed E-state index contributed by atoms with van der Waals surface area (Å²) in [5.41, 5.74) is 0. The molecule has 1 aromatic rings. The van der Waals surface area contributed by atoms with Gasteiger partial charge in [-0.25, -0.2) is 4.98 Å². The van der Waals surface area contributed by atoms with Crippen molar-refractivity contribution in [1.82, 2.24) is 10.3 Å². The Morgan fingerprint density at radius 3 is 2.50 bits per heavy atom. The van der Waals surface area contributed by atoms with Crippen molar-refractivity contribution in [3.8, 4) is 0 Å². The fraction of sp³-hybridized carbons (Fsp3) is 0.727. The van der Waals surface area contributed by atoms with E-state index in [2.05, 4.69) is 10.3 Å². The van der Waals surface area contributed by atoms with Gasteiger partial charge in [0.1, 0.15) is 0 Å². The summed E-state index contributed by atoms with van der Waals surface area (Å²) < 4.78 is 42.8. The molecule has 0 radical (unpaired) electrons. The van der Waals surface area contributed by atoms with Crippen LogP contribution in [0.5, 0.6) is 0 Å². The van der Waals surface area contributed by atoms with Crippen LogP contribution in [0.2, 0.25) is 0 Å². The lowest BCUT2D eigenvalue weighted by atomic mass is 10.1. The van der Waals surface area contributed by atoms with Crippen molar-refractivity contribution < 1.29 is 17.9 Å².